The van der Waals surface area contributed by atoms with E-state index in [1.165, 1.54) is 0 Å². The van der Waals surface area contributed by atoms with Crippen molar-refractivity contribution in [2.24, 2.45) is 5.92 Å². The predicted molar refractivity (Wildman–Crippen MR) is 87.7 cm³/mol. The minimum Gasteiger partial charge on any atom is -0.396 e. The van der Waals surface area contributed by atoms with Gasteiger partial charge >= 0.3 is 0 Å². The molecule has 2 heterocycles. The summed E-state index contributed by atoms with van der Waals surface area (Å²) >= 11 is 0. The zero-order chi connectivity index (χ0) is 17.2. The number of aliphatic hydroxyl groups excluding tert-OH is 1. The van der Waals surface area contributed by atoms with Gasteiger partial charge in [0.1, 0.15) is 6.33 Å². The molecule has 132 valence electrons. The molecule has 8 nitrogen and oxygen atoms in total. The van der Waals surface area contributed by atoms with Crippen LogP contribution in [-0.4, -0.2) is 68.0 Å². The SMILES string of the molecule is O=C(c1ccc(Cn2cnnn2)cc1)N1CCOC2C[C@H](CO)C[C@@H]21. The lowest BCUT2D eigenvalue weighted by atomic mass is 10.1. The van der Waals surface area contributed by atoms with Crippen LogP contribution in [0.15, 0.2) is 30.6 Å². The minimum atomic E-state index is 0.0332. The molecular weight excluding hydrogens is 322 g/mol. The fourth-order valence-electron chi connectivity index (χ4n) is 3.81. The van der Waals surface area contributed by atoms with E-state index in [9.17, 15) is 9.90 Å². The molecule has 2 aromatic rings. The van der Waals surface area contributed by atoms with Gasteiger partial charge in [0.05, 0.1) is 25.3 Å². The van der Waals surface area contributed by atoms with Crippen LogP contribution in [0.2, 0.25) is 0 Å². The number of aliphatic hydroxyl groups is 1. The molecule has 2 aliphatic rings. The predicted octanol–water partition coefficient (Wildman–Crippen LogP) is 0.333. The highest BCUT2D eigenvalue weighted by Gasteiger charge is 2.42. The topological polar surface area (TPSA) is 93.4 Å². The Labute approximate surface area is 145 Å². The second-order valence-corrected chi connectivity index (χ2v) is 6.70. The number of nitrogens with zero attached hydrogens (tertiary/aromatic N) is 5. The molecule has 0 radical (unpaired) electrons. The zero-order valence-corrected chi connectivity index (χ0v) is 13.9. The summed E-state index contributed by atoms with van der Waals surface area (Å²) < 4.78 is 7.44. The molecule has 1 saturated carbocycles. The number of ether oxygens (including phenoxy) is 1. The first-order valence-corrected chi connectivity index (χ1v) is 8.57. The molecule has 1 aliphatic heterocycles. The average Bonchev–Trinajstić information content (AvgIpc) is 3.30. The molecule has 8 heteroatoms. The van der Waals surface area contributed by atoms with Crippen molar-refractivity contribution in [2.75, 3.05) is 19.8 Å². The maximum absolute atomic E-state index is 12.9. The number of carbonyl (C=O) groups excluding carboxylic acids is 1. The molecular formula is C17H21N5O3. The maximum Gasteiger partial charge on any atom is 0.254 e. The van der Waals surface area contributed by atoms with E-state index in [1.54, 1.807) is 11.0 Å². The molecule has 25 heavy (non-hydrogen) atoms. The Balaban J connectivity index is 1.46. The third-order valence-electron chi connectivity index (χ3n) is 5.09. The Kier molecular flexibility index (Phi) is 4.46. The number of morpholine rings is 1. The molecule has 3 atom stereocenters. The first-order valence-electron chi connectivity index (χ1n) is 8.57. The number of tetrazole rings is 1. The maximum atomic E-state index is 12.9. The van der Waals surface area contributed by atoms with Crippen molar-refractivity contribution in [3.8, 4) is 0 Å². The second kappa shape index (κ2) is 6.89. The number of aromatic nitrogens is 4. The summed E-state index contributed by atoms with van der Waals surface area (Å²) in [5.41, 5.74) is 1.71. The molecule has 1 aliphatic carbocycles. The lowest BCUT2D eigenvalue weighted by Crippen LogP contribution is -2.51. The Morgan fingerprint density at radius 3 is 2.84 bits per heavy atom. The van der Waals surface area contributed by atoms with Gasteiger partial charge in [-0.05, 0) is 46.9 Å². The molecule has 1 saturated heterocycles. The van der Waals surface area contributed by atoms with Crippen molar-refractivity contribution in [2.45, 2.75) is 31.5 Å². The number of rotatable bonds is 4. The van der Waals surface area contributed by atoms with Crippen LogP contribution in [0.5, 0.6) is 0 Å². The van der Waals surface area contributed by atoms with Gasteiger partial charge in [-0.15, -0.1) is 5.10 Å². The van der Waals surface area contributed by atoms with Crippen LogP contribution in [0.25, 0.3) is 0 Å². The highest BCUT2D eigenvalue weighted by molar-refractivity contribution is 5.94. The number of fused-ring (bicyclic) bond motifs is 1. The molecule has 0 spiro atoms. The molecule has 1 aromatic carbocycles. The van der Waals surface area contributed by atoms with Gasteiger partial charge in [-0.2, -0.15) is 0 Å². The van der Waals surface area contributed by atoms with Crippen molar-refractivity contribution < 1.29 is 14.6 Å². The number of hydrogen-bond donors (Lipinski definition) is 1. The van der Waals surface area contributed by atoms with Gasteiger partial charge in [0.2, 0.25) is 0 Å². The monoisotopic (exact) mass is 343 g/mol. The van der Waals surface area contributed by atoms with E-state index in [0.717, 1.165) is 18.4 Å². The Hall–Kier alpha value is -2.32. The molecule has 1 aromatic heterocycles. The van der Waals surface area contributed by atoms with Crippen LogP contribution in [0.4, 0.5) is 0 Å². The first kappa shape index (κ1) is 16.2. The highest BCUT2D eigenvalue weighted by Crippen LogP contribution is 2.34. The van der Waals surface area contributed by atoms with E-state index in [0.29, 0.717) is 25.3 Å². The first-order chi connectivity index (χ1) is 12.2. The average molecular weight is 343 g/mol. The quantitative estimate of drug-likeness (QED) is 0.860. The van der Waals surface area contributed by atoms with Crippen LogP contribution in [-0.2, 0) is 11.3 Å². The fraction of sp³-hybridized carbons (Fsp3) is 0.529. The molecule has 1 amide bonds. The number of carbonyl (C=O) groups is 1. The van der Waals surface area contributed by atoms with Gasteiger partial charge in [0, 0.05) is 18.7 Å². The van der Waals surface area contributed by atoms with Crippen molar-refractivity contribution in [3.05, 3.63) is 41.7 Å². The molecule has 0 bridgehead atoms. The summed E-state index contributed by atoms with van der Waals surface area (Å²) in [6.07, 6.45) is 3.25. The summed E-state index contributed by atoms with van der Waals surface area (Å²) in [5.74, 6) is 0.257. The molecule has 1 unspecified atom stereocenters. The molecule has 1 N–H and O–H groups in total. The number of hydrogen-bond acceptors (Lipinski definition) is 6. The van der Waals surface area contributed by atoms with Crippen LogP contribution in [0.3, 0.4) is 0 Å². The number of benzene rings is 1. The van der Waals surface area contributed by atoms with E-state index in [-0.39, 0.29) is 30.6 Å². The largest absolute Gasteiger partial charge is 0.396 e. The van der Waals surface area contributed by atoms with E-state index in [2.05, 4.69) is 15.5 Å². The van der Waals surface area contributed by atoms with Gasteiger partial charge in [-0.1, -0.05) is 12.1 Å². The summed E-state index contributed by atoms with van der Waals surface area (Å²) in [4.78, 5) is 14.9. The third-order valence-corrected chi connectivity index (χ3v) is 5.09. The van der Waals surface area contributed by atoms with E-state index in [1.807, 2.05) is 29.2 Å². The van der Waals surface area contributed by atoms with Gasteiger partial charge in [-0.25, -0.2) is 4.68 Å². The molecule has 2 fully saturated rings. The van der Waals surface area contributed by atoms with Gasteiger partial charge in [0.15, 0.2) is 0 Å². The standard InChI is InChI=1S/C17H21N5O3/c23-10-13-7-15-16(8-13)25-6-5-22(15)17(24)14-3-1-12(2-4-14)9-21-11-18-19-20-21/h1-4,11,13,15-16,23H,5-10H2/t13-,15+,16?/m1/s1. The van der Waals surface area contributed by atoms with Crippen molar-refractivity contribution in [3.63, 3.8) is 0 Å². The fourth-order valence-corrected chi connectivity index (χ4v) is 3.81. The lowest BCUT2D eigenvalue weighted by molar-refractivity contribution is -0.0448. The third kappa shape index (κ3) is 3.27. The van der Waals surface area contributed by atoms with E-state index in [4.69, 9.17) is 4.74 Å². The van der Waals surface area contributed by atoms with E-state index >= 15 is 0 Å². The normalized spacial score (nSPS) is 25.8. The minimum absolute atomic E-state index is 0.0332. The zero-order valence-electron chi connectivity index (χ0n) is 13.9. The van der Waals surface area contributed by atoms with Crippen molar-refractivity contribution in [1.82, 2.24) is 25.1 Å². The van der Waals surface area contributed by atoms with Crippen molar-refractivity contribution in [1.29, 1.82) is 0 Å². The summed E-state index contributed by atoms with van der Waals surface area (Å²) in [7, 11) is 0. The van der Waals surface area contributed by atoms with Gasteiger partial charge in [0.25, 0.3) is 5.91 Å². The number of amides is 1. The van der Waals surface area contributed by atoms with E-state index < -0.39 is 0 Å². The smallest absolute Gasteiger partial charge is 0.254 e. The Morgan fingerprint density at radius 2 is 2.12 bits per heavy atom. The Bertz CT molecular complexity index is 718. The van der Waals surface area contributed by atoms with Crippen molar-refractivity contribution >= 4 is 5.91 Å². The Morgan fingerprint density at radius 1 is 1.28 bits per heavy atom. The summed E-state index contributed by atoms with van der Waals surface area (Å²) in [6.45, 7) is 1.89. The summed E-state index contributed by atoms with van der Waals surface area (Å²) in [5, 5.41) is 20.5. The second-order valence-electron chi connectivity index (χ2n) is 6.70. The lowest BCUT2D eigenvalue weighted by Gasteiger charge is -2.37. The van der Waals surface area contributed by atoms with Crippen LogP contribution < -0.4 is 0 Å². The van der Waals surface area contributed by atoms with Gasteiger partial charge < -0.3 is 14.7 Å². The van der Waals surface area contributed by atoms with Crippen LogP contribution in [0, 0.1) is 5.92 Å². The molecule has 4 rings (SSSR count). The van der Waals surface area contributed by atoms with Crippen LogP contribution in [0.1, 0.15) is 28.8 Å². The van der Waals surface area contributed by atoms with Gasteiger partial charge in [-0.3, -0.25) is 4.79 Å². The summed E-state index contributed by atoms with van der Waals surface area (Å²) in [6, 6.07) is 7.63. The highest BCUT2D eigenvalue weighted by atomic mass is 16.5. The van der Waals surface area contributed by atoms with Crippen LogP contribution >= 0.6 is 0 Å².